The SMILES string of the molecule is CC(C)(C)OC(=O)C1CN([O-])CN1. The van der Waals surface area contributed by atoms with Gasteiger partial charge in [-0.15, -0.1) is 0 Å². The Balaban J connectivity index is 2.41. The number of nitrogens with one attached hydrogen (secondary N) is 1. The smallest absolute Gasteiger partial charge is 0.324 e. The molecule has 1 fully saturated rings. The molecule has 0 aliphatic carbocycles. The van der Waals surface area contributed by atoms with Gasteiger partial charge in [0.25, 0.3) is 0 Å². The zero-order valence-corrected chi connectivity index (χ0v) is 8.16. The third-order valence-electron chi connectivity index (χ3n) is 1.59. The molecule has 0 aromatic rings. The molecule has 1 atom stereocenters. The van der Waals surface area contributed by atoms with Crippen molar-refractivity contribution in [1.29, 1.82) is 0 Å². The summed E-state index contributed by atoms with van der Waals surface area (Å²) < 4.78 is 5.10. The molecule has 5 nitrogen and oxygen atoms in total. The fourth-order valence-electron chi connectivity index (χ4n) is 1.08. The maximum atomic E-state index is 11.4. The highest BCUT2D eigenvalue weighted by Crippen LogP contribution is 2.10. The summed E-state index contributed by atoms with van der Waals surface area (Å²) in [5.41, 5.74) is -0.491. The Hall–Kier alpha value is -0.650. The van der Waals surface area contributed by atoms with Crippen LogP contribution in [0.5, 0.6) is 0 Å². The van der Waals surface area contributed by atoms with Crippen molar-refractivity contribution in [2.45, 2.75) is 32.4 Å². The molecule has 0 saturated carbocycles. The molecule has 0 amide bonds. The minimum Gasteiger partial charge on any atom is -0.784 e. The summed E-state index contributed by atoms with van der Waals surface area (Å²) in [7, 11) is 0. The maximum absolute atomic E-state index is 11.4. The maximum Gasteiger partial charge on any atom is 0.324 e. The van der Waals surface area contributed by atoms with Crippen LogP contribution in [0, 0.1) is 5.21 Å². The summed E-state index contributed by atoms with van der Waals surface area (Å²) >= 11 is 0. The van der Waals surface area contributed by atoms with E-state index in [0.29, 0.717) is 0 Å². The van der Waals surface area contributed by atoms with Crippen LogP contribution < -0.4 is 5.32 Å². The molecule has 1 unspecified atom stereocenters. The van der Waals surface area contributed by atoms with Crippen LogP contribution in [-0.4, -0.2) is 35.9 Å². The van der Waals surface area contributed by atoms with Crippen LogP contribution >= 0.6 is 0 Å². The van der Waals surface area contributed by atoms with Gasteiger partial charge < -0.3 is 15.0 Å². The Bertz CT molecular complexity index is 200. The summed E-state index contributed by atoms with van der Waals surface area (Å²) in [6, 6.07) is -0.475. The number of hydrogen-bond donors (Lipinski definition) is 1. The van der Waals surface area contributed by atoms with Crippen LogP contribution in [0.25, 0.3) is 0 Å². The first-order valence-corrected chi connectivity index (χ1v) is 4.27. The van der Waals surface area contributed by atoms with E-state index in [0.717, 1.165) is 5.06 Å². The number of esters is 1. The van der Waals surface area contributed by atoms with Gasteiger partial charge >= 0.3 is 5.97 Å². The lowest BCUT2D eigenvalue weighted by Gasteiger charge is -2.23. The molecule has 0 aromatic heterocycles. The number of rotatable bonds is 1. The molecular weight excluding hydrogens is 172 g/mol. The number of ether oxygens (including phenoxy) is 1. The highest BCUT2D eigenvalue weighted by Gasteiger charge is 2.28. The van der Waals surface area contributed by atoms with Gasteiger partial charge in [0.15, 0.2) is 0 Å². The number of hydroxylamine groups is 2. The third-order valence-corrected chi connectivity index (χ3v) is 1.59. The van der Waals surface area contributed by atoms with Crippen molar-refractivity contribution in [3.8, 4) is 0 Å². The highest BCUT2D eigenvalue weighted by molar-refractivity contribution is 5.76. The Kier molecular flexibility index (Phi) is 2.90. The van der Waals surface area contributed by atoms with Gasteiger partial charge in [0, 0.05) is 13.2 Å². The molecule has 1 heterocycles. The minimum absolute atomic E-state index is 0.176. The van der Waals surface area contributed by atoms with Gasteiger partial charge in [0.1, 0.15) is 11.6 Å². The summed E-state index contributed by atoms with van der Waals surface area (Å²) in [6.45, 7) is 5.78. The van der Waals surface area contributed by atoms with Crippen molar-refractivity contribution in [2.75, 3.05) is 13.2 Å². The van der Waals surface area contributed by atoms with Crippen LogP contribution in [0.2, 0.25) is 0 Å². The lowest BCUT2D eigenvalue weighted by Crippen LogP contribution is -2.39. The first-order valence-electron chi connectivity index (χ1n) is 4.27. The second kappa shape index (κ2) is 3.61. The van der Waals surface area contributed by atoms with E-state index in [4.69, 9.17) is 4.74 Å². The molecule has 1 N–H and O–H groups in total. The lowest BCUT2D eigenvalue weighted by molar-refractivity contribution is -0.156. The molecule has 1 saturated heterocycles. The van der Waals surface area contributed by atoms with Crippen molar-refractivity contribution < 1.29 is 9.53 Å². The first-order chi connectivity index (χ1) is 5.88. The van der Waals surface area contributed by atoms with E-state index in [2.05, 4.69) is 5.32 Å². The van der Waals surface area contributed by atoms with Crippen LogP contribution in [0.3, 0.4) is 0 Å². The van der Waals surface area contributed by atoms with E-state index in [1.165, 1.54) is 0 Å². The average molecular weight is 187 g/mol. The molecule has 1 aliphatic heterocycles. The average Bonchev–Trinajstić information content (AvgIpc) is 2.31. The number of carbonyl (C=O) groups excluding carboxylic acids is 1. The van der Waals surface area contributed by atoms with Gasteiger partial charge in [0.2, 0.25) is 0 Å². The van der Waals surface area contributed by atoms with E-state index in [9.17, 15) is 10.0 Å². The molecular formula is C8H15N2O3-. The van der Waals surface area contributed by atoms with E-state index < -0.39 is 11.6 Å². The predicted molar refractivity (Wildman–Crippen MR) is 47.7 cm³/mol. The molecule has 0 bridgehead atoms. The topological polar surface area (TPSA) is 64.6 Å². The molecule has 1 aliphatic rings. The van der Waals surface area contributed by atoms with Gasteiger partial charge in [-0.25, -0.2) is 0 Å². The zero-order chi connectivity index (χ0) is 10.1. The van der Waals surface area contributed by atoms with Crippen LogP contribution in [0.4, 0.5) is 0 Å². The van der Waals surface area contributed by atoms with E-state index in [-0.39, 0.29) is 19.2 Å². The fraction of sp³-hybridized carbons (Fsp3) is 0.875. The second-order valence-corrected chi connectivity index (χ2v) is 4.11. The normalized spacial score (nSPS) is 24.8. The van der Waals surface area contributed by atoms with E-state index in [1.54, 1.807) is 20.8 Å². The number of hydrogen-bond acceptors (Lipinski definition) is 5. The van der Waals surface area contributed by atoms with Crippen LogP contribution in [0.1, 0.15) is 20.8 Å². The molecule has 0 aromatic carbocycles. The second-order valence-electron chi connectivity index (χ2n) is 4.11. The summed E-state index contributed by atoms with van der Waals surface area (Å²) in [6.07, 6.45) is 0. The van der Waals surface area contributed by atoms with Crippen molar-refractivity contribution in [3.63, 3.8) is 0 Å². The lowest BCUT2D eigenvalue weighted by atomic mass is 10.2. The molecule has 13 heavy (non-hydrogen) atoms. The van der Waals surface area contributed by atoms with Crippen LogP contribution in [0.15, 0.2) is 0 Å². The third kappa shape index (κ3) is 3.30. The molecule has 5 heteroatoms. The van der Waals surface area contributed by atoms with E-state index in [1.807, 2.05) is 0 Å². The Labute approximate surface area is 77.6 Å². The van der Waals surface area contributed by atoms with Gasteiger partial charge in [0.05, 0.1) is 0 Å². The molecule has 76 valence electrons. The first kappa shape index (κ1) is 10.4. The van der Waals surface area contributed by atoms with Gasteiger partial charge in [-0.1, -0.05) is 0 Å². The number of nitrogens with zero attached hydrogens (tertiary/aromatic N) is 1. The fourth-order valence-corrected chi connectivity index (χ4v) is 1.08. The highest BCUT2D eigenvalue weighted by atomic mass is 16.6. The molecule has 0 radical (unpaired) electrons. The summed E-state index contributed by atoms with van der Waals surface area (Å²) in [5, 5.41) is 14.3. The molecule has 1 rings (SSSR count). The minimum atomic E-state index is -0.491. The largest absolute Gasteiger partial charge is 0.784 e. The monoisotopic (exact) mass is 187 g/mol. The number of carbonyl (C=O) groups is 1. The molecule has 0 spiro atoms. The van der Waals surface area contributed by atoms with E-state index >= 15 is 0 Å². The quantitative estimate of drug-likeness (QED) is 0.588. The summed E-state index contributed by atoms with van der Waals surface area (Å²) in [5.74, 6) is -0.356. The Morgan fingerprint density at radius 3 is 2.62 bits per heavy atom. The zero-order valence-electron chi connectivity index (χ0n) is 8.16. The van der Waals surface area contributed by atoms with Crippen LogP contribution in [-0.2, 0) is 9.53 Å². The van der Waals surface area contributed by atoms with Gasteiger partial charge in [-0.05, 0) is 20.8 Å². The van der Waals surface area contributed by atoms with Crippen molar-refractivity contribution in [3.05, 3.63) is 5.21 Å². The van der Waals surface area contributed by atoms with Crippen molar-refractivity contribution in [2.24, 2.45) is 0 Å². The van der Waals surface area contributed by atoms with Gasteiger partial charge in [-0.3, -0.25) is 10.1 Å². The predicted octanol–water partition coefficient (Wildman–Crippen LogP) is 0.0572. The Morgan fingerprint density at radius 1 is 1.62 bits per heavy atom. The van der Waals surface area contributed by atoms with Gasteiger partial charge in [-0.2, -0.15) is 0 Å². The van der Waals surface area contributed by atoms with Crippen molar-refractivity contribution in [1.82, 2.24) is 10.4 Å². The van der Waals surface area contributed by atoms with Crippen molar-refractivity contribution >= 4 is 5.97 Å². The Morgan fingerprint density at radius 2 is 2.23 bits per heavy atom. The summed E-state index contributed by atoms with van der Waals surface area (Å²) in [4.78, 5) is 11.4. The standard InChI is InChI=1S/C8H15N2O3/c1-8(2,3)13-7(11)6-4-10(12)5-9-6/h6,9H,4-5H2,1-3H3/q-1.